The van der Waals surface area contributed by atoms with Crippen LogP contribution in [0.2, 0.25) is 0 Å². The lowest BCUT2D eigenvalue weighted by Crippen LogP contribution is -2.35. The van der Waals surface area contributed by atoms with Crippen molar-refractivity contribution in [2.75, 3.05) is 0 Å². The Hall–Kier alpha value is -3.59. The number of aromatic nitrogens is 2. The van der Waals surface area contributed by atoms with Gasteiger partial charge in [0.25, 0.3) is 5.56 Å². The normalized spacial score (nSPS) is 10.3. The van der Waals surface area contributed by atoms with E-state index in [-0.39, 0.29) is 24.7 Å². The van der Waals surface area contributed by atoms with Crippen molar-refractivity contribution in [2.24, 2.45) is 0 Å². The minimum absolute atomic E-state index is 0.0802. The highest BCUT2D eigenvalue weighted by Gasteiger charge is 2.10. The van der Waals surface area contributed by atoms with Crippen molar-refractivity contribution in [2.45, 2.75) is 19.6 Å². The van der Waals surface area contributed by atoms with Crippen LogP contribution in [0.15, 0.2) is 59.4 Å². The maximum absolute atomic E-state index is 12.4. The van der Waals surface area contributed by atoms with Crippen LogP contribution in [0.4, 0.5) is 4.79 Å². The van der Waals surface area contributed by atoms with E-state index in [1.807, 2.05) is 42.5 Å². The van der Waals surface area contributed by atoms with E-state index < -0.39 is 0 Å². The van der Waals surface area contributed by atoms with Crippen molar-refractivity contribution in [3.8, 4) is 12.3 Å². The van der Waals surface area contributed by atoms with Crippen LogP contribution in [-0.2, 0) is 19.6 Å². The Labute approximate surface area is 150 Å². The van der Waals surface area contributed by atoms with Gasteiger partial charge < -0.3 is 10.6 Å². The molecule has 2 amide bonds. The minimum Gasteiger partial charge on any atom is -0.334 e. The molecular weight excluding hydrogens is 328 g/mol. The standard InChI is InChI=1S/C20H18N4O2/c1-2-12-24-19(25)17-11-7-6-10-16(17)18(23-24)14-22-20(26)21-13-15-8-4-3-5-9-15/h1,3-11H,12-14H2,(H2,21,22,26). The van der Waals surface area contributed by atoms with Gasteiger partial charge in [0, 0.05) is 11.9 Å². The molecular formula is C20H18N4O2. The molecule has 0 aliphatic rings. The van der Waals surface area contributed by atoms with Crippen molar-refractivity contribution in [1.29, 1.82) is 0 Å². The molecule has 130 valence electrons. The molecule has 1 heterocycles. The van der Waals surface area contributed by atoms with Gasteiger partial charge >= 0.3 is 6.03 Å². The number of urea groups is 1. The second-order valence-corrected chi connectivity index (χ2v) is 5.68. The molecule has 0 saturated heterocycles. The van der Waals surface area contributed by atoms with E-state index in [0.29, 0.717) is 23.0 Å². The zero-order valence-corrected chi connectivity index (χ0v) is 14.1. The molecule has 26 heavy (non-hydrogen) atoms. The average molecular weight is 346 g/mol. The van der Waals surface area contributed by atoms with Gasteiger partial charge in [0.2, 0.25) is 0 Å². The summed E-state index contributed by atoms with van der Waals surface area (Å²) in [6, 6.07) is 16.5. The molecule has 2 N–H and O–H groups in total. The topological polar surface area (TPSA) is 76.0 Å². The van der Waals surface area contributed by atoms with Gasteiger partial charge in [0.15, 0.2) is 0 Å². The number of hydrogen-bond acceptors (Lipinski definition) is 3. The number of amides is 2. The summed E-state index contributed by atoms with van der Waals surface area (Å²) in [4.78, 5) is 24.4. The number of nitrogens with one attached hydrogen (secondary N) is 2. The maximum atomic E-state index is 12.4. The lowest BCUT2D eigenvalue weighted by molar-refractivity contribution is 0.240. The van der Waals surface area contributed by atoms with E-state index in [1.165, 1.54) is 4.68 Å². The smallest absolute Gasteiger partial charge is 0.315 e. The molecule has 1 aromatic heterocycles. The van der Waals surface area contributed by atoms with E-state index >= 15 is 0 Å². The Balaban J connectivity index is 1.74. The third-order valence-corrected chi connectivity index (χ3v) is 3.90. The summed E-state index contributed by atoms with van der Waals surface area (Å²) in [5.74, 6) is 2.42. The first-order valence-corrected chi connectivity index (χ1v) is 8.17. The number of carbonyl (C=O) groups is 1. The fraction of sp³-hybridized carbons (Fsp3) is 0.150. The predicted molar refractivity (Wildman–Crippen MR) is 100 cm³/mol. The largest absolute Gasteiger partial charge is 0.334 e. The van der Waals surface area contributed by atoms with Crippen LogP contribution in [0.5, 0.6) is 0 Å². The Kier molecular flexibility index (Phi) is 5.30. The molecule has 6 nitrogen and oxygen atoms in total. The monoisotopic (exact) mass is 346 g/mol. The zero-order chi connectivity index (χ0) is 18.4. The summed E-state index contributed by atoms with van der Waals surface area (Å²) < 4.78 is 1.24. The Bertz CT molecular complexity index is 1020. The lowest BCUT2D eigenvalue weighted by atomic mass is 10.1. The second kappa shape index (κ2) is 7.99. The summed E-state index contributed by atoms with van der Waals surface area (Å²) in [6.45, 7) is 0.695. The van der Waals surface area contributed by atoms with Gasteiger partial charge in [-0.3, -0.25) is 4.79 Å². The number of rotatable bonds is 5. The first kappa shape index (κ1) is 17.2. The van der Waals surface area contributed by atoms with Gasteiger partial charge in [-0.25, -0.2) is 9.48 Å². The average Bonchev–Trinajstić information content (AvgIpc) is 2.68. The Morgan fingerprint density at radius 2 is 1.65 bits per heavy atom. The zero-order valence-electron chi connectivity index (χ0n) is 14.1. The number of hydrogen-bond donors (Lipinski definition) is 2. The fourth-order valence-corrected chi connectivity index (χ4v) is 2.63. The maximum Gasteiger partial charge on any atom is 0.315 e. The summed E-state index contributed by atoms with van der Waals surface area (Å²) in [5, 5.41) is 11.1. The molecule has 0 unspecified atom stereocenters. The molecule has 0 radical (unpaired) electrons. The Morgan fingerprint density at radius 3 is 2.38 bits per heavy atom. The molecule has 0 bridgehead atoms. The van der Waals surface area contributed by atoms with Crippen molar-refractivity contribution in [3.05, 3.63) is 76.2 Å². The molecule has 3 aromatic rings. The molecule has 0 aliphatic heterocycles. The van der Waals surface area contributed by atoms with Gasteiger partial charge in [-0.05, 0) is 11.6 Å². The lowest BCUT2D eigenvalue weighted by Gasteiger charge is -2.11. The van der Waals surface area contributed by atoms with Crippen molar-refractivity contribution in [1.82, 2.24) is 20.4 Å². The first-order chi connectivity index (χ1) is 12.7. The first-order valence-electron chi connectivity index (χ1n) is 8.17. The second-order valence-electron chi connectivity index (χ2n) is 5.68. The number of carbonyl (C=O) groups excluding carboxylic acids is 1. The third-order valence-electron chi connectivity index (χ3n) is 3.90. The molecule has 0 saturated carbocycles. The molecule has 2 aromatic carbocycles. The summed E-state index contributed by atoms with van der Waals surface area (Å²) in [7, 11) is 0. The van der Waals surface area contributed by atoms with Crippen LogP contribution in [0.25, 0.3) is 10.8 Å². The van der Waals surface area contributed by atoms with E-state index in [1.54, 1.807) is 12.1 Å². The molecule has 6 heteroatoms. The molecule has 3 rings (SSSR count). The predicted octanol–water partition coefficient (Wildman–Crippen LogP) is 2.03. The Morgan fingerprint density at radius 1 is 1.00 bits per heavy atom. The van der Waals surface area contributed by atoms with Crippen LogP contribution in [0, 0.1) is 12.3 Å². The number of nitrogens with zero attached hydrogens (tertiary/aromatic N) is 2. The summed E-state index contributed by atoms with van der Waals surface area (Å²) in [5.41, 5.74) is 1.36. The highest BCUT2D eigenvalue weighted by Crippen LogP contribution is 2.13. The molecule has 0 atom stereocenters. The SMILES string of the molecule is C#CCn1nc(CNC(=O)NCc2ccccc2)c2ccccc2c1=O. The van der Waals surface area contributed by atoms with Crippen molar-refractivity contribution >= 4 is 16.8 Å². The molecule has 0 aliphatic carbocycles. The number of fused-ring (bicyclic) bond motifs is 1. The van der Waals surface area contributed by atoms with Crippen molar-refractivity contribution in [3.63, 3.8) is 0 Å². The minimum atomic E-state index is -0.311. The fourth-order valence-electron chi connectivity index (χ4n) is 2.63. The quantitative estimate of drug-likeness (QED) is 0.694. The highest BCUT2D eigenvalue weighted by molar-refractivity contribution is 5.84. The highest BCUT2D eigenvalue weighted by atomic mass is 16.2. The summed E-state index contributed by atoms with van der Waals surface area (Å²) in [6.07, 6.45) is 5.31. The van der Waals surface area contributed by atoms with Crippen LogP contribution < -0.4 is 16.2 Å². The van der Waals surface area contributed by atoms with Crippen LogP contribution in [-0.4, -0.2) is 15.8 Å². The van der Waals surface area contributed by atoms with E-state index in [4.69, 9.17) is 6.42 Å². The van der Waals surface area contributed by atoms with E-state index in [0.717, 1.165) is 5.56 Å². The van der Waals surface area contributed by atoms with Crippen LogP contribution >= 0.6 is 0 Å². The number of benzene rings is 2. The van der Waals surface area contributed by atoms with Gasteiger partial charge in [0.1, 0.15) is 6.54 Å². The van der Waals surface area contributed by atoms with Crippen LogP contribution in [0.1, 0.15) is 11.3 Å². The van der Waals surface area contributed by atoms with Gasteiger partial charge in [-0.1, -0.05) is 54.5 Å². The van der Waals surface area contributed by atoms with E-state index in [2.05, 4.69) is 21.7 Å². The number of terminal acetylenes is 1. The molecule has 0 fully saturated rings. The van der Waals surface area contributed by atoms with Gasteiger partial charge in [-0.15, -0.1) is 6.42 Å². The van der Waals surface area contributed by atoms with Gasteiger partial charge in [-0.2, -0.15) is 5.10 Å². The van der Waals surface area contributed by atoms with Gasteiger partial charge in [0.05, 0.1) is 17.6 Å². The van der Waals surface area contributed by atoms with Crippen LogP contribution in [0.3, 0.4) is 0 Å². The molecule has 0 spiro atoms. The third kappa shape index (κ3) is 3.90. The van der Waals surface area contributed by atoms with E-state index in [9.17, 15) is 9.59 Å². The van der Waals surface area contributed by atoms with Crippen molar-refractivity contribution < 1.29 is 4.79 Å². The summed E-state index contributed by atoms with van der Waals surface area (Å²) >= 11 is 0.